The first-order valence-electron chi connectivity index (χ1n) is 19.8. The second kappa shape index (κ2) is 15.0. The average Bonchev–Trinajstić information content (AvgIpc) is 3.81. The number of piperidine rings is 1. The third-order valence-corrected chi connectivity index (χ3v) is 14.2. The van der Waals surface area contributed by atoms with Crippen LogP contribution in [0.3, 0.4) is 0 Å². The molecule has 0 unspecified atom stereocenters. The maximum atomic E-state index is 13.8. The van der Waals surface area contributed by atoms with Gasteiger partial charge in [-0.3, -0.25) is 19.8 Å². The van der Waals surface area contributed by atoms with Crippen LogP contribution in [0.2, 0.25) is 0 Å². The van der Waals surface area contributed by atoms with Crippen LogP contribution in [0.25, 0.3) is 11.0 Å². The molecule has 0 radical (unpaired) electrons. The van der Waals surface area contributed by atoms with E-state index < -0.39 is 37.0 Å². The summed E-state index contributed by atoms with van der Waals surface area (Å²) in [6, 6.07) is 13.7. The largest absolute Gasteiger partial charge is 0.455 e. The number of nitro benzene ring substituents is 1. The molecule has 2 saturated carbocycles. The van der Waals surface area contributed by atoms with Crippen molar-refractivity contribution >= 4 is 44.0 Å². The van der Waals surface area contributed by atoms with Crippen LogP contribution < -0.4 is 19.7 Å². The van der Waals surface area contributed by atoms with E-state index in [0.29, 0.717) is 48.3 Å². The second-order valence-electron chi connectivity index (χ2n) is 16.8. The smallest absolute Gasteiger partial charge is 0.293 e. The number of nitrogens with zero attached hydrogens (tertiary/aromatic N) is 4. The third kappa shape index (κ3) is 7.94. The molecule has 298 valence electrons. The lowest BCUT2D eigenvalue weighted by Gasteiger charge is -2.55. The van der Waals surface area contributed by atoms with Crippen LogP contribution in [0.15, 0.2) is 65.8 Å². The Balaban J connectivity index is 0.989. The van der Waals surface area contributed by atoms with Gasteiger partial charge in [0.05, 0.1) is 27.2 Å². The maximum Gasteiger partial charge on any atom is 0.293 e. The van der Waals surface area contributed by atoms with Crippen molar-refractivity contribution in [2.75, 3.05) is 36.4 Å². The summed E-state index contributed by atoms with van der Waals surface area (Å²) in [6.07, 6.45) is 13.4. The monoisotopic (exact) mass is 785 g/mol. The number of benzene rings is 2. The van der Waals surface area contributed by atoms with Crippen molar-refractivity contribution in [1.29, 1.82) is 0 Å². The Morgan fingerprint density at radius 3 is 2.54 bits per heavy atom. The normalized spacial score (nSPS) is 24.2. The number of aromatic nitrogens is 2. The predicted octanol–water partition coefficient (Wildman–Crippen LogP) is 6.97. The van der Waals surface area contributed by atoms with E-state index in [0.717, 1.165) is 55.9 Å². The summed E-state index contributed by atoms with van der Waals surface area (Å²) >= 11 is 0. The third-order valence-electron chi connectivity index (χ3n) is 12.9. The van der Waals surface area contributed by atoms with Gasteiger partial charge in [-0.2, -0.15) is 0 Å². The standard InChI is InChI=1S/C41H51N7O7S/c1-27-4-3-17-47(27)31-23-41(24-31)14-18-46(19-15-41)30-5-7-34(37(21-30)55-32-20-29-11-16-42-38(29)44-26-32)39(49)45-56(53,54)33-6-8-35(36(22-33)48(51)52)43-25-28-9-12-40(2,50)13-10-28/h5-8,11,16,20-22,26-28,31,43,50H,3-4,9-10,12-15,17-19,23-25H2,1-2H3,(H,42,44)(H,45,49)/t27-,28?,40?/m1/s1. The molecule has 4 N–H and O–H groups in total. The molecule has 4 aromatic rings. The van der Waals surface area contributed by atoms with Crippen LogP contribution in [0.1, 0.15) is 88.4 Å². The molecule has 2 aliphatic carbocycles. The zero-order valence-corrected chi connectivity index (χ0v) is 32.8. The van der Waals surface area contributed by atoms with E-state index in [-0.39, 0.29) is 22.9 Å². The molecule has 15 heteroatoms. The van der Waals surface area contributed by atoms with Crippen molar-refractivity contribution in [2.45, 2.75) is 101 Å². The number of carbonyl (C=O) groups is 1. The molecule has 4 aliphatic rings. The zero-order valence-electron chi connectivity index (χ0n) is 32.0. The number of pyridine rings is 1. The first-order valence-corrected chi connectivity index (χ1v) is 21.3. The number of carbonyl (C=O) groups excluding carboxylic acids is 1. The fourth-order valence-electron chi connectivity index (χ4n) is 9.37. The molecule has 56 heavy (non-hydrogen) atoms. The summed E-state index contributed by atoms with van der Waals surface area (Å²) in [6.45, 7) is 7.55. The number of H-pyrrole nitrogens is 1. The minimum atomic E-state index is -4.54. The molecule has 1 amide bonds. The Kier molecular flexibility index (Phi) is 10.2. The lowest BCUT2D eigenvalue weighted by molar-refractivity contribution is -0.384. The number of sulfonamides is 1. The van der Waals surface area contributed by atoms with E-state index in [4.69, 9.17) is 4.74 Å². The summed E-state index contributed by atoms with van der Waals surface area (Å²) in [5.74, 6) is -0.187. The number of amides is 1. The lowest BCUT2D eigenvalue weighted by atomic mass is 9.60. The highest BCUT2D eigenvalue weighted by atomic mass is 32.2. The van der Waals surface area contributed by atoms with Crippen molar-refractivity contribution in [3.63, 3.8) is 0 Å². The SMILES string of the molecule is C[C@@H]1CCCN1C1CC2(CCN(c3ccc(C(=O)NS(=O)(=O)c4ccc(NCC5CCC(C)(O)CC5)c([N+](=O)[O-])c4)c(Oc4cnc5[nH]ccc5c4)c3)CC2)C1. The number of nitrogens with one attached hydrogen (secondary N) is 3. The highest BCUT2D eigenvalue weighted by molar-refractivity contribution is 7.90. The lowest BCUT2D eigenvalue weighted by Crippen LogP contribution is -2.55. The van der Waals surface area contributed by atoms with Crippen LogP contribution in [-0.4, -0.2) is 83.1 Å². The van der Waals surface area contributed by atoms with Gasteiger partial charge in [0, 0.05) is 61.1 Å². The van der Waals surface area contributed by atoms with Crippen LogP contribution in [0, 0.1) is 21.4 Å². The van der Waals surface area contributed by atoms with E-state index in [9.17, 15) is 28.4 Å². The summed E-state index contributed by atoms with van der Waals surface area (Å²) in [4.78, 5) is 37.3. The van der Waals surface area contributed by atoms with Gasteiger partial charge in [0.2, 0.25) is 0 Å². The topological polar surface area (TPSA) is 183 Å². The first kappa shape index (κ1) is 38.2. The second-order valence-corrected chi connectivity index (χ2v) is 18.5. The number of fused-ring (bicyclic) bond motifs is 1. The summed E-state index contributed by atoms with van der Waals surface area (Å²) in [7, 11) is -4.54. The van der Waals surface area contributed by atoms with Crippen molar-refractivity contribution in [2.24, 2.45) is 11.3 Å². The number of hydrogen-bond donors (Lipinski definition) is 4. The van der Waals surface area contributed by atoms with Crippen molar-refractivity contribution in [3.05, 3.63) is 76.6 Å². The minimum absolute atomic E-state index is 0.0132. The molecule has 2 aliphatic heterocycles. The van der Waals surface area contributed by atoms with Crippen molar-refractivity contribution < 1.29 is 28.0 Å². The number of anilines is 2. The van der Waals surface area contributed by atoms with Gasteiger partial charge in [-0.15, -0.1) is 0 Å². The van der Waals surface area contributed by atoms with Gasteiger partial charge >= 0.3 is 0 Å². The molecule has 4 fully saturated rings. The first-order chi connectivity index (χ1) is 26.8. The fraction of sp³-hybridized carbons (Fsp3) is 0.512. The van der Waals surface area contributed by atoms with Gasteiger partial charge < -0.3 is 25.0 Å². The Hall–Kier alpha value is -4.73. The molecule has 4 heterocycles. The van der Waals surface area contributed by atoms with Crippen LogP contribution in [0.5, 0.6) is 11.5 Å². The number of aliphatic hydroxyl groups is 1. The Morgan fingerprint density at radius 2 is 1.82 bits per heavy atom. The number of hydrogen-bond acceptors (Lipinski definition) is 11. The molecule has 14 nitrogen and oxygen atoms in total. The van der Waals surface area contributed by atoms with E-state index in [1.807, 2.05) is 19.1 Å². The highest BCUT2D eigenvalue weighted by Gasteiger charge is 2.49. The molecule has 1 atom stereocenters. The van der Waals surface area contributed by atoms with Crippen molar-refractivity contribution in [1.82, 2.24) is 19.6 Å². The molecular weight excluding hydrogens is 735 g/mol. The molecule has 0 bridgehead atoms. The number of aromatic amines is 1. The highest BCUT2D eigenvalue weighted by Crippen LogP contribution is 2.52. The minimum Gasteiger partial charge on any atom is -0.455 e. The van der Waals surface area contributed by atoms with Gasteiger partial charge in [0.1, 0.15) is 22.8 Å². The summed E-state index contributed by atoms with van der Waals surface area (Å²) in [5.41, 5.74) is 0.959. The van der Waals surface area contributed by atoms with Gasteiger partial charge in [-0.1, -0.05) is 0 Å². The van der Waals surface area contributed by atoms with Gasteiger partial charge in [0.25, 0.3) is 21.6 Å². The Morgan fingerprint density at radius 1 is 1.05 bits per heavy atom. The van der Waals surface area contributed by atoms with Gasteiger partial charge in [0.15, 0.2) is 0 Å². The fourth-order valence-corrected chi connectivity index (χ4v) is 10.4. The Labute approximate surface area is 327 Å². The van der Waals surface area contributed by atoms with Crippen LogP contribution in [-0.2, 0) is 10.0 Å². The van der Waals surface area contributed by atoms with Crippen LogP contribution in [0.4, 0.5) is 17.1 Å². The molecule has 1 spiro atoms. The van der Waals surface area contributed by atoms with Gasteiger partial charge in [-0.05, 0) is 132 Å². The molecule has 2 aromatic carbocycles. The van der Waals surface area contributed by atoms with Crippen LogP contribution >= 0.6 is 0 Å². The maximum absolute atomic E-state index is 13.8. The molecular formula is C41H51N7O7S. The number of ether oxygens (including phenoxy) is 1. The molecule has 2 saturated heterocycles. The van der Waals surface area contributed by atoms with E-state index in [2.05, 4.69) is 36.7 Å². The summed E-state index contributed by atoms with van der Waals surface area (Å²) in [5, 5.41) is 26.3. The van der Waals surface area contributed by atoms with E-state index in [1.54, 1.807) is 24.4 Å². The quantitative estimate of drug-likeness (QED) is 0.0910. The zero-order chi connectivity index (χ0) is 39.2. The predicted molar refractivity (Wildman–Crippen MR) is 214 cm³/mol. The van der Waals surface area contributed by atoms with E-state index in [1.165, 1.54) is 50.6 Å². The van der Waals surface area contributed by atoms with Gasteiger partial charge in [-0.25, -0.2) is 18.1 Å². The summed E-state index contributed by atoms with van der Waals surface area (Å²) < 4.78 is 35.7. The Bertz CT molecular complexity index is 2220. The number of nitro groups is 1. The number of likely N-dealkylation sites (tertiary alicyclic amines) is 1. The number of rotatable bonds is 11. The average molecular weight is 786 g/mol. The van der Waals surface area contributed by atoms with Crippen molar-refractivity contribution in [3.8, 4) is 11.5 Å². The molecule has 2 aromatic heterocycles. The molecule has 8 rings (SSSR count). The van der Waals surface area contributed by atoms with E-state index >= 15 is 0 Å².